The van der Waals surface area contributed by atoms with Gasteiger partial charge in [-0.05, 0) is 48.9 Å². The van der Waals surface area contributed by atoms with Crippen molar-refractivity contribution in [3.05, 3.63) is 65.2 Å². The third kappa shape index (κ3) is 5.87. The first-order valence-corrected chi connectivity index (χ1v) is 11.4. The maximum absolute atomic E-state index is 13.7. The van der Waals surface area contributed by atoms with Crippen molar-refractivity contribution in [3.63, 3.8) is 0 Å². The van der Waals surface area contributed by atoms with Crippen molar-refractivity contribution in [2.45, 2.75) is 43.9 Å². The number of hydrogen-bond acceptors (Lipinski definition) is 6. The maximum Gasteiger partial charge on any atom is 1.00 e. The van der Waals surface area contributed by atoms with E-state index in [2.05, 4.69) is 23.6 Å². The average molecular weight is 492 g/mol. The Labute approximate surface area is 263 Å². The van der Waals surface area contributed by atoms with Crippen molar-refractivity contribution < 1.29 is 108 Å². The molecule has 10 heteroatoms. The first-order valence-electron chi connectivity index (χ1n) is 9.92. The zero-order chi connectivity index (χ0) is 21.7. The molecule has 0 amide bonds. The molecule has 0 fully saturated rings. The Morgan fingerprint density at radius 2 is 1.64 bits per heavy atom. The molecule has 158 valence electrons. The van der Waals surface area contributed by atoms with Crippen molar-refractivity contribution in [2.24, 2.45) is 10.3 Å². The van der Waals surface area contributed by atoms with Crippen LogP contribution < -0.4 is 99.1 Å². The minimum Gasteiger partial charge on any atom is -0.871 e. The Kier molecular flexibility index (Phi) is 11.5. The molecule has 0 aromatic heterocycles. The molecule has 0 radical (unpaired) electrons. The van der Waals surface area contributed by atoms with Gasteiger partial charge < -0.3 is 30.3 Å². The summed E-state index contributed by atoms with van der Waals surface area (Å²) in [5.41, 5.74) is 0.272. The second kappa shape index (κ2) is 12.1. The van der Waals surface area contributed by atoms with Gasteiger partial charge in [-0.3, -0.25) is 4.79 Å². The van der Waals surface area contributed by atoms with Crippen LogP contribution in [-0.4, -0.2) is 20.7 Å². The smallest absolute Gasteiger partial charge is 0.871 e. The van der Waals surface area contributed by atoms with Gasteiger partial charge in [0.2, 0.25) is 0 Å². The minimum atomic E-state index is -4.03. The standard InChI is InChI=1S/C23H26N2O4S.3Na/c1-14(2)12-13-23(3)16-9-5-4-8-15(16)20(26)19(21(23)27)22-24-17-10-6-7-11-18(17)30(28,29)25-22;;;/h4-11,14,26,28-29H,12-13H2,1-3H3,(H,24,25);;;/q;3*+1/p-3. The van der Waals surface area contributed by atoms with E-state index in [4.69, 9.17) is 0 Å². The van der Waals surface area contributed by atoms with Gasteiger partial charge in [-0.1, -0.05) is 56.0 Å². The van der Waals surface area contributed by atoms with E-state index in [1.54, 1.807) is 30.3 Å². The van der Waals surface area contributed by atoms with Crippen molar-refractivity contribution >= 4 is 33.8 Å². The van der Waals surface area contributed by atoms with Crippen molar-refractivity contribution in [3.8, 4) is 0 Å². The van der Waals surface area contributed by atoms with Gasteiger partial charge >= 0.3 is 88.7 Å². The molecule has 1 N–H and O–H groups in total. The van der Waals surface area contributed by atoms with E-state index in [1.165, 1.54) is 6.07 Å². The predicted octanol–water partition coefficient (Wildman–Crippen LogP) is -5.09. The molecular formula is C23H23N2Na3O4S. The van der Waals surface area contributed by atoms with Crippen LogP contribution in [0.4, 0.5) is 5.69 Å². The second-order valence-electron chi connectivity index (χ2n) is 8.38. The van der Waals surface area contributed by atoms with Gasteiger partial charge in [0, 0.05) is 4.90 Å². The number of anilines is 1. The van der Waals surface area contributed by atoms with Crippen LogP contribution in [-0.2, 0) is 10.2 Å². The Bertz CT molecular complexity index is 1100. The first kappa shape index (κ1) is 31.4. The van der Waals surface area contributed by atoms with Gasteiger partial charge in [0.25, 0.3) is 0 Å². The normalized spacial score (nSPS) is 21.3. The summed E-state index contributed by atoms with van der Waals surface area (Å²) in [7, 11) is -4.03. The molecule has 1 atom stereocenters. The largest absolute Gasteiger partial charge is 1.00 e. The van der Waals surface area contributed by atoms with Crippen LogP contribution in [0.5, 0.6) is 0 Å². The van der Waals surface area contributed by atoms with Crippen LogP contribution in [0.2, 0.25) is 0 Å². The molecule has 1 unspecified atom stereocenters. The summed E-state index contributed by atoms with van der Waals surface area (Å²) in [5, 5.41) is 16.2. The number of carbonyl (C=O) groups is 1. The number of nitrogens with one attached hydrogen (secondary N) is 1. The molecule has 1 aliphatic heterocycles. The number of carbonyl (C=O) groups excluding carboxylic acids is 1. The van der Waals surface area contributed by atoms with Gasteiger partial charge in [-0.15, -0.1) is 0 Å². The van der Waals surface area contributed by atoms with Crippen LogP contribution in [0, 0.1) is 5.92 Å². The third-order valence-corrected chi connectivity index (χ3v) is 7.14. The summed E-state index contributed by atoms with van der Waals surface area (Å²) >= 11 is 0. The topological polar surface area (TPSA) is 111 Å². The summed E-state index contributed by atoms with van der Waals surface area (Å²) in [4.78, 5) is 13.7. The number of hydrogen-bond donors (Lipinski definition) is 1. The van der Waals surface area contributed by atoms with E-state index < -0.39 is 27.7 Å². The van der Waals surface area contributed by atoms with Gasteiger partial charge in [0.15, 0.2) is 11.6 Å². The van der Waals surface area contributed by atoms with E-state index in [-0.39, 0.29) is 105 Å². The molecule has 2 aromatic carbocycles. The maximum atomic E-state index is 13.7. The molecule has 0 saturated heterocycles. The van der Waals surface area contributed by atoms with Crippen molar-refractivity contribution in [1.82, 2.24) is 0 Å². The number of ketones is 1. The zero-order valence-corrected chi connectivity index (χ0v) is 26.9. The van der Waals surface area contributed by atoms with Gasteiger partial charge in [-0.2, -0.15) is 0 Å². The van der Waals surface area contributed by atoms with Crippen molar-refractivity contribution in [1.29, 1.82) is 0 Å². The Hall–Kier alpha value is 0.390. The van der Waals surface area contributed by atoms with E-state index in [9.17, 15) is 19.0 Å². The van der Waals surface area contributed by atoms with E-state index in [1.807, 2.05) is 19.1 Å². The monoisotopic (exact) mass is 492 g/mol. The zero-order valence-electron chi connectivity index (χ0n) is 20.1. The number of rotatable bonds is 4. The fraction of sp³-hybridized carbons (Fsp3) is 0.304. The quantitative estimate of drug-likeness (QED) is 0.430. The summed E-state index contributed by atoms with van der Waals surface area (Å²) in [6.45, 7) is 5.98. The van der Waals surface area contributed by atoms with Crippen LogP contribution in [0.15, 0.2) is 63.4 Å². The summed E-state index contributed by atoms with van der Waals surface area (Å²) in [6, 6.07) is 13.4. The van der Waals surface area contributed by atoms with Crippen molar-refractivity contribution in [2.75, 3.05) is 5.32 Å². The minimum absolute atomic E-state index is 0. The van der Waals surface area contributed by atoms with Crippen LogP contribution in [0.1, 0.15) is 44.7 Å². The van der Waals surface area contributed by atoms with Gasteiger partial charge in [0.1, 0.15) is 0 Å². The van der Waals surface area contributed by atoms with Gasteiger partial charge in [0.05, 0.1) is 16.7 Å². The molecule has 0 spiro atoms. The molecule has 1 heterocycles. The van der Waals surface area contributed by atoms with E-state index in [0.29, 0.717) is 29.2 Å². The molecule has 4 rings (SSSR count). The number of fused-ring (bicyclic) bond motifs is 2. The molecule has 2 aliphatic rings. The summed E-state index contributed by atoms with van der Waals surface area (Å²) in [5.74, 6) is -0.722. The Morgan fingerprint density at radius 3 is 2.30 bits per heavy atom. The number of nitrogens with zero attached hydrogens (tertiary/aromatic N) is 1. The number of amidine groups is 1. The molecule has 0 saturated carbocycles. The van der Waals surface area contributed by atoms with Crippen LogP contribution >= 0.6 is 10.8 Å². The fourth-order valence-electron chi connectivity index (χ4n) is 4.06. The predicted molar refractivity (Wildman–Crippen MR) is 115 cm³/mol. The van der Waals surface area contributed by atoms with Crippen LogP contribution in [0.3, 0.4) is 0 Å². The number of benzene rings is 2. The Morgan fingerprint density at radius 1 is 1.03 bits per heavy atom. The fourth-order valence-corrected chi connectivity index (χ4v) is 5.18. The third-order valence-electron chi connectivity index (χ3n) is 5.81. The van der Waals surface area contributed by atoms with Crippen LogP contribution in [0.25, 0.3) is 5.76 Å². The first-order chi connectivity index (χ1) is 14.1. The SMILES string of the molecule is CC(C)CCC1(C)C(=O)C(C2=NS([O-])([O-])c3ccccc3N2)=C([O-])c2ccccc21.[Na+].[Na+].[Na+]. The molecule has 2 aromatic rings. The number of para-hydroxylation sites is 1. The number of sulfonamides is 1. The molecule has 0 bridgehead atoms. The average Bonchev–Trinajstić information content (AvgIpc) is 2.71. The van der Waals surface area contributed by atoms with E-state index in [0.717, 1.165) is 6.42 Å². The van der Waals surface area contributed by atoms with E-state index >= 15 is 0 Å². The molecule has 33 heavy (non-hydrogen) atoms. The molecule has 1 aliphatic carbocycles. The second-order valence-corrected chi connectivity index (χ2v) is 9.95. The summed E-state index contributed by atoms with van der Waals surface area (Å²) in [6.07, 6.45) is 1.34. The molecule has 6 nitrogen and oxygen atoms in total. The number of Topliss-reactive ketones (excluding diaryl/α,β-unsaturated/α-hetero) is 1. The van der Waals surface area contributed by atoms with Gasteiger partial charge in [-0.25, -0.2) is 4.40 Å². The Balaban J connectivity index is 0.00000181. The summed E-state index contributed by atoms with van der Waals surface area (Å²) < 4.78 is 29.2. The molecular weight excluding hydrogens is 469 g/mol.